The molecule has 1 aliphatic rings. The Morgan fingerprint density at radius 1 is 1.26 bits per heavy atom. The number of nitrogens with one attached hydrogen (secondary N) is 1. The first-order chi connectivity index (χ1) is 11.0. The van der Waals surface area contributed by atoms with Crippen LogP contribution in [0.1, 0.15) is 38.7 Å². The molecule has 0 saturated carbocycles. The number of nitrogen functional groups attached to an aromatic ring is 1. The van der Waals surface area contributed by atoms with Crippen LogP contribution in [0.4, 0.5) is 5.69 Å². The SMILES string of the molecule is CC(C)CCN1CCC(CNC(=O)Cc2ccc(N)cc2)CC1. The van der Waals surface area contributed by atoms with Gasteiger partial charge in [0.15, 0.2) is 0 Å². The van der Waals surface area contributed by atoms with Gasteiger partial charge >= 0.3 is 0 Å². The standard InChI is InChI=1S/C19H31N3O/c1-15(2)7-10-22-11-8-17(9-12-22)14-21-19(23)13-16-3-5-18(20)6-4-16/h3-6,15,17H,7-14,20H2,1-2H3,(H,21,23). The van der Waals surface area contributed by atoms with E-state index in [4.69, 9.17) is 5.73 Å². The van der Waals surface area contributed by atoms with Crippen molar-refractivity contribution in [1.29, 1.82) is 0 Å². The van der Waals surface area contributed by atoms with Crippen LogP contribution < -0.4 is 11.1 Å². The van der Waals surface area contributed by atoms with Crippen LogP contribution in [-0.4, -0.2) is 37.0 Å². The Morgan fingerprint density at radius 3 is 2.52 bits per heavy atom. The maximum absolute atomic E-state index is 12.0. The lowest BCUT2D eigenvalue weighted by Crippen LogP contribution is -2.39. The monoisotopic (exact) mass is 317 g/mol. The summed E-state index contributed by atoms with van der Waals surface area (Å²) in [5.74, 6) is 1.51. The molecule has 0 bridgehead atoms. The Labute approximate surface area is 140 Å². The highest BCUT2D eigenvalue weighted by molar-refractivity contribution is 5.78. The molecule has 1 aromatic rings. The highest BCUT2D eigenvalue weighted by atomic mass is 16.1. The highest BCUT2D eigenvalue weighted by Crippen LogP contribution is 2.17. The van der Waals surface area contributed by atoms with E-state index >= 15 is 0 Å². The van der Waals surface area contributed by atoms with Crippen LogP contribution in [0.5, 0.6) is 0 Å². The lowest BCUT2D eigenvalue weighted by molar-refractivity contribution is -0.120. The minimum absolute atomic E-state index is 0.108. The summed E-state index contributed by atoms with van der Waals surface area (Å²) < 4.78 is 0. The number of nitrogens with two attached hydrogens (primary N) is 1. The Kier molecular flexibility index (Phi) is 6.90. The van der Waals surface area contributed by atoms with Gasteiger partial charge in [-0.05, 0) is 68.4 Å². The van der Waals surface area contributed by atoms with Gasteiger partial charge in [0, 0.05) is 12.2 Å². The molecular formula is C19H31N3O. The van der Waals surface area contributed by atoms with Crippen LogP contribution in [-0.2, 0) is 11.2 Å². The Balaban J connectivity index is 1.63. The number of benzene rings is 1. The third-order valence-electron chi connectivity index (χ3n) is 4.66. The molecule has 4 nitrogen and oxygen atoms in total. The summed E-state index contributed by atoms with van der Waals surface area (Å²) in [6.07, 6.45) is 4.11. The number of nitrogens with zero attached hydrogens (tertiary/aromatic N) is 1. The predicted molar refractivity (Wildman–Crippen MR) is 96.2 cm³/mol. The smallest absolute Gasteiger partial charge is 0.224 e. The molecule has 1 fully saturated rings. The molecule has 0 aromatic heterocycles. The maximum atomic E-state index is 12.0. The minimum atomic E-state index is 0.108. The van der Waals surface area contributed by atoms with E-state index in [0.29, 0.717) is 12.3 Å². The topological polar surface area (TPSA) is 58.4 Å². The molecule has 23 heavy (non-hydrogen) atoms. The summed E-state index contributed by atoms with van der Waals surface area (Å²) >= 11 is 0. The quantitative estimate of drug-likeness (QED) is 0.760. The zero-order valence-corrected chi connectivity index (χ0v) is 14.6. The summed E-state index contributed by atoms with van der Waals surface area (Å²) in [4.78, 5) is 14.6. The molecule has 0 atom stereocenters. The van der Waals surface area contributed by atoms with E-state index in [1.807, 2.05) is 24.3 Å². The van der Waals surface area contributed by atoms with E-state index in [2.05, 4.69) is 24.1 Å². The number of carbonyl (C=O) groups excluding carboxylic acids is 1. The third-order valence-corrected chi connectivity index (χ3v) is 4.66. The van der Waals surface area contributed by atoms with Crippen molar-refractivity contribution in [3.8, 4) is 0 Å². The first-order valence-corrected chi connectivity index (χ1v) is 8.86. The second-order valence-electron chi connectivity index (χ2n) is 7.19. The molecule has 0 unspecified atom stereocenters. The number of piperidine rings is 1. The van der Waals surface area contributed by atoms with Crippen LogP contribution in [0, 0.1) is 11.8 Å². The maximum Gasteiger partial charge on any atom is 0.224 e. The average molecular weight is 317 g/mol. The lowest BCUT2D eigenvalue weighted by atomic mass is 9.96. The molecule has 1 amide bonds. The average Bonchev–Trinajstić information content (AvgIpc) is 2.54. The molecule has 3 N–H and O–H groups in total. The van der Waals surface area contributed by atoms with Gasteiger partial charge in [0.05, 0.1) is 6.42 Å². The molecule has 1 aliphatic heterocycles. The van der Waals surface area contributed by atoms with Crippen LogP contribution in [0.2, 0.25) is 0 Å². The molecule has 2 rings (SSSR count). The van der Waals surface area contributed by atoms with Crippen molar-refractivity contribution in [2.75, 3.05) is 31.9 Å². The van der Waals surface area contributed by atoms with Gasteiger partial charge in [-0.3, -0.25) is 4.79 Å². The molecule has 128 valence electrons. The van der Waals surface area contributed by atoms with Crippen LogP contribution >= 0.6 is 0 Å². The number of hydrogen-bond donors (Lipinski definition) is 2. The Hall–Kier alpha value is -1.55. The molecule has 0 aliphatic carbocycles. The Bertz CT molecular complexity index is 476. The summed E-state index contributed by atoms with van der Waals surface area (Å²) in [5, 5.41) is 3.09. The van der Waals surface area contributed by atoms with Gasteiger partial charge in [0.2, 0.25) is 5.91 Å². The number of amides is 1. The molecule has 0 spiro atoms. The first-order valence-electron chi connectivity index (χ1n) is 8.86. The van der Waals surface area contributed by atoms with Crippen molar-refractivity contribution in [2.24, 2.45) is 11.8 Å². The fourth-order valence-electron chi connectivity index (χ4n) is 3.00. The van der Waals surface area contributed by atoms with Crippen molar-refractivity contribution in [1.82, 2.24) is 10.2 Å². The first kappa shape index (κ1) is 17.8. The van der Waals surface area contributed by atoms with Crippen molar-refractivity contribution < 1.29 is 4.79 Å². The van der Waals surface area contributed by atoms with E-state index in [0.717, 1.165) is 23.7 Å². The van der Waals surface area contributed by atoms with Crippen LogP contribution in [0.25, 0.3) is 0 Å². The third kappa shape index (κ3) is 6.61. The predicted octanol–water partition coefficient (Wildman–Crippen LogP) is 2.69. The molecule has 0 radical (unpaired) electrons. The number of rotatable bonds is 7. The van der Waals surface area contributed by atoms with Gasteiger partial charge in [-0.2, -0.15) is 0 Å². The zero-order valence-electron chi connectivity index (χ0n) is 14.6. The zero-order chi connectivity index (χ0) is 16.7. The molecule has 1 heterocycles. The second kappa shape index (κ2) is 8.92. The molecular weight excluding hydrogens is 286 g/mol. The fourth-order valence-corrected chi connectivity index (χ4v) is 3.00. The Morgan fingerprint density at radius 2 is 1.91 bits per heavy atom. The van der Waals surface area contributed by atoms with Crippen LogP contribution in [0.15, 0.2) is 24.3 Å². The summed E-state index contributed by atoms with van der Waals surface area (Å²) in [6, 6.07) is 7.52. The van der Waals surface area contributed by atoms with E-state index in [-0.39, 0.29) is 5.91 Å². The van der Waals surface area contributed by atoms with Crippen molar-refractivity contribution in [3.05, 3.63) is 29.8 Å². The number of likely N-dealkylation sites (tertiary alicyclic amines) is 1. The van der Waals surface area contributed by atoms with E-state index in [1.165, 1.54) is 38.9 Å². The van der Waals surface area contributed by atoms with Gasteiger partial charge in [-0.1, -0.05) is 26.0 Å². The largest absolute Gasteiger partial charge is 0.399 e. The van der Waals surface area contributed by atoms with Crippen molar-refractivity contribution in [3.63, 3.8) is 0 Å². The number of carbonyl (C=O) groups is 1. The van der Waals surface area contributed by atoms with E-state index in [1.54, 1.807) is 0 Å². The number of hydrogen-bond acceptors (Lipinski definition) is 3. The van der Waals surface area contributed by atoms with Gasteiger partial charge < -0.3 is 16.0 Å². The molecule has 4 heteroatoms. The van der Waals surface area contributed by atoms with Crippen LogP contribution in [0.3, 0.4) is 0 Å². The van der Waals surface area contributed by atoms with Crippen molar-refractivity contribution in [2.45, 2.75) is 39.5 Å². The van der Waals surface area contributed by atoms with E-state index in [9.17, 15) is 4.79 Å². The summed E-state index contributed by atoms with van der Waals surface area (Å²) in [5.41, 5.74) is 7.41. The van der Waals surface area contributed by atoms with Gasteiger partial charge in [0.25, 0.3) is 0 Å². The van der Waals surface area contributed by atoms with Crippen molar-refractivity contribution >= 4 is 11.6 Å². The van der Waals surface area contributed by atoms with Gasteiger partial charge in [-0.15, -0.1) is 0 Å². The summed E-state index contributed by atoms with van der Waals surface area (Å²) in [7, 11) is 0. The number of anilines is 1. The minimum Gasteiger partial charge on any atom is -0.399 e. The summed E-state index contributed by atoms with van der Waals surface area (Å²) in [6.45, 7) is 8.93. The van der Waals surface area contributed by atoms with Gasteiger partial charge in [0.1, 0.15) is 0 Å². The van der Waals surface area contributed by atoms with E-state index < -0.39 is 0 Å². The molecule has 1 aromatic carbocycles. The molecule has 1 saturated heterocycles. The second-order valence-corrected chi connectivity index (χ2v) is 7.19. The highest BCUT2D eigenvalue weighted by Gasteiger charge is 2.19. The normalized spacial score (nSPS) is 16.7. The fraction of sp³-hybridized carbons (Fsp3) is 0.632. The lowest BCUT2D eigenvalue weighted by Gasteiger charge is -2.32. The van der Waals surface area contributed by atoms with Gasteiger partial charge in [-0.25, -0.2) is 0 Å².